The Bertz CT molecular complexity index is 607. The summed E-state index contributed by atoms with van der Waals surface area (Å²) in [7, 11) is -3.44. The maximum atomic E-state index is 12.0. The summed E-state index contributed by atoms with van der Waals surface area (Å²) in [4.78, 5) is 0.269. The molecule has 4 heteroatoms. The Morgan fingerprint density at radius 2 is 1.81 bits per heavy atom. The summed E-state index contributed by atoms with van der Waals surface area (Å²) < 4.78 is 26.6. The van der Waals surface area contributed by atoms with Crippen LogP contribution in [-0.2, 0) is 10.0 Å². The molecule has 0 radical (unpaired) electrons. The number of allylic oxidation sites excluding steroid dienone is 3. The van der Waals surface area contributed by atoms with E-state index in [0.717, 1.165) is 18.4 Å². The fourth-order valence-corrected chi connectivity index (χ4v) is 2.67. The van der Waals surface area contributed by atoms with Crippen LogP contribution in [-0.4, -0.2) is 15.0 Å². The minimum Gasteiger partial charge on any atom is -0.207 e. The third kappa shape index (κ3) is 6.56. The minimum absolute atomic E-state index is 0.269. The Labute approximate surface area is 128 Å². The Hall–Kier alpha value is -1.65. The second kappa shape index (κ2) is 8.60. The molecule has 3 nitrogen and oxygen atoms in total. The molecule has 0 aliphatic heterocycles. The lowest BCUT2D eigenvalue weighted by atomic mass is 10.2. The van der Waals surface area contributed by atoms with Crippen molar-refractivity contribution in [1.29, 1.82) is 0 Å². The van der Waals surface area contributed by atoms with Gasteiger partial charge in [-0.15, -0.1) is 0 Å². The topological polar surface area (TPSA) is 46.2 Å². The van der Waals surface area contributed by atoms with Gasteiger partial charge in [0.25, 0.3) is 0 Å². The van der Waals surface area contributed by atoms with Crippen LogP contribution in [0, 0.1) is 0 Å². The first-order valence-corrected chi connectivity index (χ1v) is 8.44. The average molecular weight is 305 g/mol. The fraction of sp³-hybridized carbons (Fsp3) is 0.294. The maximum Gasteiger partial charge on any atom is 0.240 e. The van der Waals surface area contributed by atoms with E-state index >= 15 is 0 Å². The summed E-state index contributed by atoms with van der Waals surface area (Å²) in [5.41, 5.74) is 2.19. The summed E-state index contributed by atoms with van der Waals surface area (Å²) in [5, 5.41) is 0. The molecule has 1 rings (SSSR count). The highest BCUT2D eigenvalue weighted by molar-refractivity contribution is 7.89. The van der Waals surface area contributed by atoms with Crippen LogP contribution in [0.2, 0.25) is 0 Å². The predicted octanol–water partition coefficient (Wildman–Crippen LogP) is 3.91. The van der Waals surface area contributed by atoms with Crippen LogP contribution in [0.3, 0.4) is 0 Å². The van der Waals surface area contributed by atoms with Crippen molar-refractivity contribution in [3.05, 3.63) is 60.2 Å². The van der Waals surface area contributed by atoms with Gasteiger partial charge < -0.3 is 0 Å². The molecule has 1 N–H and O–H groups in total. The molecular weight excluding hydrogens is 282 g/mol. The van der Waals surface area contributed by atoms with Crippen molar-refractivity contribution >= 4 is 16.1 Å². The van der Waals surface area contributed by atoms with Gasteiger partial charge in [0.2, 0.25) is 10.0 Å². The second-order valence-corrected chi connectivity index (χ2v) is 6.72. The van der Waals surface area contributed by atoms with Crippen molar-refractivity contribution in [1.82, 2.24) is 4.72 Å². The first kappa shape index (κ1) is 17.4. The van der Waals surface area contributed by atoms with E-state index < -0.39 is 10.0 Å². The largest absolute Gasteiger partial charge is 0.240 e. The van der Waals surface area contributed by atoms with Gasteiger partial charge in [0.1, 0.15) is 0 Å². The van der Waals surface area contributed by atoms with Gasteiger partial charge in [-0.05, 0) is 44.4 Å². The zero-order valence-electron chi connectivity index (χ0n) is 12.7. The highest BCUT2D eigenvalue weighted by Crippen LogP contribution is 2.10. The molecule has 0 bridgehead atoms. The molecule has 114 valence electrons. The Kier molecular flexibility index (Phi) is 7.12. The van der Waals surface area contributed by atoms with Gasteiger partial charge >= 0.3 is 0 Å². The van der Waals surface area contributed by atoms with E-state index in [-0.39, 0.29) is 4.90 Å². The van der Waals surface area contributed by atoms with Gasteiger partial charge in [-0.1, -0.05) is 48.6 Å². The second-order valence-electron chi connectivity index (χ2n) is 4.96. The van der Waals surface area contributed by atoms with Crippen molar-refractivity contribution in [2.24, 2.45) is 0 Å². The normalized spacial score (nSPS) is 11.5. The lowest BCUT2D eigenvalue weighted by Gasteiger charge is -2.04. The molecule has 0 spiro atoms. The molecule has 0 aliphatic carbocycles. The van der Waals surface area contributed by atoms with E-state index in [2.05, 4.69) is 31.2 Å². The number of sulfonamides is 1. The van der Waals surface area contributed by atoms with E-state index in [4.69, 9.17) is 0 Å². The van der Waals surface area contributed by atoms with Crippen LogP contribution in [0.25, 0.3) is 6.08 Å². The van der Waals surface area contributed by atoms with Gasteiger partial charge in [0.15, 0.2) is 0 Å². The third-order valence-corrected chi connectivity index (χ3v) is 4.31. The summed E-state index contributed by atoms with van der Waals surface area (Å²) >= 11 is 0. The van der Waals surface area contributed by atoms with Gasteiger partial charge in [-0.2, -0.15) is 0 Å². The lowest BCUT2D eigenvalue weighted by Crippen LogP contribution is -2.23. The van der Waals surface area contributed by atoms with E-state index in [1.807, 2.05) is 12.2 Å². The van der Waals surface area contributed by atoms with Gasteiger partial charge in [0.05, 0.1) is 4.90 Å². The fourth-order valence-electron chi connectivity index (χ4n) is 1.69. The molecule has 0 aromatic heterocycles. The Morgan fingerprint density at radius 1 is 1.14 bits per heavy atom. The monoisotopic (exact) mass is 305 g/mol. The van der Waals surface area contributed by atoms with E-state index in [1.54, 1.807) is 30.3 Å². The van der Waals surface area contributed by atoms with Gasteiger partial charge in [-0.3, -0.25) is 0 Å². The van der Waals surface area contributed by atoms with E-state index in [1.165, 1.54) is 5.57 Å². The SMILES string of the molecule is C=Cc1ccc(S(=O)(=O)NC/C=C/CCC=C(C)C)cc1. The van der Waals surface area contributed by atoms with Crippen molar-refractivity contribution < 1.29 is 8.42 Å². The van der Waals surface area contributed by atoms with Gasteiger partial charge in [-0.25, -0.2) is 13.1 Å². The summed E-state index contributed by atoms with van der Waals surface area (Å²) in [6, 6.07) is 6.63. The third-order valence-electron chi connectivity index (χ3n) is 2.87. The molecule has 1 aromatic carbocycles. The number of rotatable bonds is 8. The maximum absolute atomic E-state index is 12.0. The first-order valence-electron chi connectivity index (χ1n) is 6.96. The van der Waals surface area contributed by atoms with Crippen LogP contribution in [0.1, 0.15) is 32.3 Å². The van der Waals surface area contributed by atoms with E-state index in [9.17, 15) is 8.42 Å². The number of unbranched alkanes of at least 4 members (excludes halogenated alkanes) is 1. The zero-order valence-corrected chi connectivity index (χ0v) is 13.5. The standard InChI is InChI=1S/C17H23NO2S/c1-4-16-10-12-17(13-11-16)21(19,20)18-14-8-6-5-7-9-15(2)3/h4,6,8-13,18H,1,5,7,14H2,2-3H3/b8-6+. The van der Waals surface area contributed by atoms with Gasteiger partial charge in [0, 0.05) is 6.54 Å². The molecule has 0 heterocycles. The molecule has 21 heavy (non-hydrogen) atoms. The van der Waals surface area contributed by atoms with Crippen LogP contribution in [0.4, 0.5) is 0 Å². The number of hydrogen-bond donors (Lipinski definition) is 1. The van der Waals surface area contributed by atoms with Crippen LogP contribution in [0.15, 0.2) is 59.5 Å². The highest BCUT2D eigenvalue weighted by atomic mass is 32.2. The first-order chi connectivity index (χ1) is 9.95. The highest BCUT2D eigenvalue weighted by Gasteiger charge is 2.11. The minimum atomic E-state index is -3.44. The molecule has 0 fully saturated rings. The summed E-state index contributed by atoms with van der Waals surface area (Å²) in [6.07, 6.45) is 9.57. The quantitative estimate of drug-likeness (QED) is 0.584. The zero-order chi connectivity index (χ0) is 15.7. The van der Waals surface area contributed by atoms with Crippen molar-refractivity contribution in [2.75, 3.05) is 6.54 Å². The molecule has 1 aromatic rings. The summed E-state index contributed by atoms with van der Waals surface area (Å²) in [6.45, 7) is 8.08. The number of hydrogen-bond acceptors (Lipinski definition) is 2. The summed E-state index contributed by atoms with van der Waals surface area (Å²) in [5.74, 6) is 0. The molecule has 0 saturated heterocycles. The molecule has 0 unspecified atom stereocenters. The average Bonchev–Trinajstić information content (AvgIpc) is 2.46. The number of benzene rings is 1. The molecular formula is C17H23NO2S. The van der Waals surface area contributed by atoms with Crippen LogP contribution < -0.4 is 4.72 Å². The predicted molar refractivity (Wildman–Crippen MR) is 89.5 cm³/mol. The molecule has 0 aliphatic rings. The van der Waals surface area contributed by atoms with E-state index in [0.29, 0.717) is 6.54 Å². The Morgan fingerprint density at radius 3 is 2.38 bits per heavy atom. The van der Waals surface area contributed by atoms with Crippen molar-refractivity contribution in [3.63, 3.8) is 0 Å². The molecule has 0 saturated carbocycles. The molecule has 0 atom stereocenters. The smallest absolute Gasteiger partial charge is 0.207 e. The lowest BCUT2D eigenvalue weighted by molar-refractivity contribution is 0.585. The molecule has 0 amide bonds. The van der Waals surface area contributed by atoms with Crippen molar-refractivity contribution in [2.45, 2.75) is 31.6 Å². The van der Waals surface area contributed by atoms with Crippen LogP contribution in [0.5, 0.6) is 0 Å². The number of nitrogens with one attached hydrogen (secondary N) is 1. The van der Waals surface area contributed by atoms with Crippen LogP contribution >= 0.6 is 0 Å². The Balaban J connectivity index is 2.47. The van der Waals surface area contributed by atoms with Crippen molar-refractivity contribution in [3.8, 4) is 0 Å².